The molecule has 8 heteroatoms. The zero-order valence-corrected chi connectivity index (χ0v) is 15.8. The molecule has 3 heterocycles. The van der Waals surface area contributed by atoms with Crippen LogP contribution in [0, 0.1) is 6.92 Å². The Morgan fingerprint density at radius 3 is 2.69 bits per heavy atom. The van der Waals surface area contributed by atoms with Crippen LogP contribution in [0.4, 0.5) is 16.4 Å². The average Bonchev–Trinajstić information content (AvgIpc) is 3.02. The van der Waals surface area contributed by atoms with Gasteiger partial charge < -0.3 is 15.0 Å². The molecule has 1 N–H and O–H groups in total. The highest BCUT2D eigenvalue weighted by Crippen LogP contribution is 2.25. The smallest absolute Gasteiger partial charge is 0.410 e. The zero-order chi connectivity index (χ0) is 18.7. The maximum absolute atomic E-state index is 12.1. The van der Waals surface area contributed by atoms with Gasteiger partial charge >= 0.3 is 6.09 Å². The van der Waals surface area contributed by atoms with E-state index in [1.54, 1.807) is 17.3 Å². The fourth-order valence-corrected chi connectivity index (χ4v) is 2.88. The summed E-state index contributed by atoms with van der Waals surface area (Å²) in [5.74, 6) is 0.560. The van der Waals surface area contributed by atoms with Crippen LogP contribution in [-0.4, -0.2) is 49.4 Å². The van der Waals surface area contributed by atoms with Crippen molar-refractivity contribution in [3.05, 3.63) is 30.4 Å². The summed E-state index contributed by atoms with van der Waals surface area (Å²) in [6.07, 6.45) is 6.91. The molecule has 0 aliphatic carbocycles. The van der Waals surface area contributed by atoms with Crippen LogP contribution in [0.3, 0.4) is 0 Å². The summed E-state index contributed by atoms with van der Waals surface area (Å²) in [4.78, 5) is 22.4. The van der Waals surface area contributed by atoms with E-state index in [1.165, 1.54) is 0 Å². The lowest BCUT2D eigenvalue weighted by Gasteiger charge is -2.33. The number of ether oxygens (including phenoxy) is 1. The number of hydrogen-bond acceptors (Lipinski definition) is 6. The first kappa shape index (κ1) is 18.2. The van der Waals surface area contributed by atoms with E-state index in [2.05, 4.69) is 20.4 Å². The fraction of sp³-hybridized carbons (Fsp3) is 0.556. The second-order valence-corrected chi connectivity index (χ2v) is 7.55. The standard InChI is InChI=1S/C18H26N6O2/c1-13-5-8-19-16(21-13)22-14-11-20-24(12-14)15-6-9-23(10-7-15)17(25)26-18(2,3)4/h5,8,11-12,15H,6-7,9-10H2,1-4H3,(H,19,21,22). The summed E-state index contributed by atoms with van der Waals surface area (Å²) in [6, 6.07) is 2.12. The number of rotatable bonds is 3. The molecule has 1 aliphatic rings. The Hall–Kier alpha value is -2.64. The third kappa shape index (κ3) is 4.71. The van der Waals surface area contributed by atoms with Crippen molar-refractivity contribution in [2.75, 3.05) is 18.4 Å². The highest BCUT2D eigenvalue weighted by atomic mass is 16.6. The Morgan fingerprint density at radius 2 is 2.04 bits per heavy atom. The minimum atomic E-state index is -0.464. The van der Waals surface area contributed by atoms with Crippen molar-refractivity contribution in [3.63, 3.8) is 0 Å². The molecule has 0 saturated carbocycles. The number of carbonyl (C=O) groups excluding carboxylic acids is 1. The summed E-state index contributed by atoms with van der Waals surface area (Å²) >= 11 is 0. The van der Waals surface area contributed by atoms with Crippen molar-refractivity contribution >= 4 is 17.7 Å². The van der Waals surface area contributed by atoms with Crippen LogP contribution >= 0.6 is 0 Å². The number of hydrogen-bond donors (Lipinski definition) is 1. The van der Waals surface area contributed by atoms with E-state index < -0.39 is 5.60 Å². The monoisotopic (exact) mass is 358 g/mol. The summed E-state index contributed by atoms with van der Waals surface area (Å²) < 4.78 is 7.39. The lowest BCUT2D eigenvalue weighted by atomic mass is 10.1. The van der Waals surface area contributed by atoms with Crippen LogP contribution in [0.15, 0.2) is 24.7 Å². The van der Waals surface area contributed by atoms with Gasteiger partial charge in [0, 0.05) is 31.2 Å². The third-order valence-corrected chi connectivity index (χ3v) is 4.14. The van der Waals surface area contributed by atoms with Gasteiger partial charge in [-0.25, -0.2) is 14.8 Å². The molecule has 0 bridgehead atoms. The largest absolute Gasteiger partial charge is 0.444 e. The topological polar surface area (TPSA) is 85.2 Å². The summed E-state index contributed by atoms with van der Waals surface area (Å²) in [5.41, 5.74) is 1.29. The Bertz CT molecular complexity index is 759. The number of carbonyl (C=O) groups is 1. The number of nitrogens with one attached hydrogen (secondary N) is 1. The van der Waals surface area contributed by atoms with Crippen LogP contribution in [0.25, 0.3) is 0 Å². The molecule has 0 atom stereocenters. The maximum atomic E-state index is 12.1. The number of likely N-dealkylation sites (tertiary alicyclic amines) is 1. The molecule has 2 aromatic rings. The van der Waals surface area contributed by atoms with Crippen molar-refractivity contribution in [1.82, 2.24) is 24.6 Å². The highest BCUT2D eigenvalue weighted by molar-refractivity contribution is 5.68. The predicted octanol–water partition coefficient (Wildman–Crippen LogP) is 3.30. The summed E-state index contributed by atoms with van der Waals surface area (Å²) in [5, 5.41) is 7.62. The highest BCUT2D eigenvalue weighted by Gasteiger charge is 2.27. The molecule has 1 fully saturated rings. The van der Waals surface area contributed by atoms with E-state index in [-0.39, 0.29) is 12.1 Å². The Morgan fingerprint density at radius 1 is 1.31 bits per heavy atom. The number of aromatic nitrogens is 4. The van der Waals surface area contributed by atoms with Gasteiger partial charge in [-0.3, -0.25) is 4.68 Å². The van der Waals surface area contributed by atoms with Gasteiger partial charge in [-0.15, -0.1) is 0 Å². The minimum Gasteiger partial charge on any atom is -0.444 e. The Balaban J connectivity index is 1.55. The molecule has 3 rings (SSSR count). The minimum absolute atomic E-state index is 0.240. The number of anilines is 2. The van der Waals surface area contributed by atoms with Crippen LogP contribution < -0.4 is 5.32 Å². The molecule has 26 heavy (non-hydrogen) atoms. The number of piperidine rings is 1. The number of amides is 1. The van der Waals surface area contributed by atoms with E-state index in [1.807, 2.05) is 44.6 Å². The van der Waals surface area contributed by atoms with Crippen molar-refractivity contribution in [1.29, 1.82) is 0 Å². The van der Waals surface area contributed by atoms with Gasteiger partial charge in [0.2, 0.25) is 5.95 Å². The van der Waals surface area contributed by atoms with Gasteiger partial charge in [0.1, 0.15) is 5.60 Å². The van der Waals surface area contributed by atoms with E-state index in [9.17, 15) is 4.79 Å². The van der Waals surface area contributed by atoms with E-state index in [4.69, 9.17) is 4.74 Å². The lowest BCUT2D eigenvalue weighted by Crippen LogP contribution is -2.42. The van der Waals surface area contributed by atoms with E-state index >= 15 is 0 Å². The molecule has 1 amide bonds. The number of nitrogens with zero attached hydrogens (tertiary/aromatic N) is 5. The van der Waals surface area contributed by atoms with Crippen LogP contribution in [0.2, 0.25) is 0 Å². The van der Waals surface area contributed by atoms with Crippen molar-refractivity contribution in [3.8, 4) is 0 Å². The molecule has 8 nitrogen and oxygen atoms in total. The van der Waals surface area contributed by atoms with Gasteiger partial charge in [0.25, 0.3) is 0 Å². The molecule has 1 saturated heterocycles. The maximum Gasteiger partial charge on any atom is 0.410 e. The van der Waals surface area contributed by atoms with Crippen molar-refractivity contribution in [2.45, 2.75) is 52.2 Å². The first-order chi connectivity index (χ1) is 12.3. The summed E-state index contributed by atoms with van der Waals surface area (Å²) in [7, 11) is 0. The van der Waals surface area contributed by atoms with Gasteiger partial charge in [0.05, 0.1) is 17.9 Å². The van der Waals surface area contributed by atoms with Gasteiger partial charge in [-0.2, -0.15) is 5.10 Å². The Labute approximate surface area is 153 Å². The van der Waals surface area contributed by atoms with Crippen LogP contribution in [0.1, 0.15) is 45.3 Å². The normalized spacial score (nSPS) is 15.8. The molecule has 0 aromatic carbocycles. The van der Waals surface area contributed by atoms with Crippen molar-refractivity contribution < 1.29 is 9.53 Å². The van der Waals surface area contributed by atoms with Gasteiger partial charge in [0.15, 0.2) is 0 Å². The second kappa shape index (κ2) is 7.31. The Kier molecular flexibility index (Phi) is 5.11. The summed E-state index contributed by atoms with van der Waals surface area (Å²) in [6.45, 7) is 8.91. The van der Waals surface area contributed by atoms with E-state index in [0.29, 0.717) is 19.0 Å². The predicted molar refractivity (Wildman–Crippen MR) is 98.4 cm³/mol. The second-order valence-electron chi connectivity index (χ2n) is 7.55. The third-order valence-electron chi connectivity index (χ3n) is 4.14. The molecule has 0 spiro atoms. The SMILES string of the molecule is Cc1ccnc(Nc2cnn(C3CCN(C(=O)OC(C)(C)C)CC3)c2)n1. The lowest BCUT2D eigenvalue weighted by molar-refractivity contribution is 0.0185. The first-order valence-electron chi connectivity index (χ1n) is 8.89. The molecule has 140 valence electrons. The van der Waals surface area contributed by atoms with Crippen molar-refractivity contribution in [2.24, 2.45) is 0 Å². The fourth-order valence-electron chi connectivity index (χ4n) is 2.88. The molecular formula is C18H26N6O2. The molecule has 0 radical (unpaired) electrons. The van der Waals surface area contributed by atoms with Crippen LogP contribution in [0.5, 0.6) is 0 Å². The number of aryl methyl sites for hydroxylation is 1. The van der Waals surface area contributed by atoms with E-state index in [0.717, 1.165) is 24.2 Å². The molecule has 0 unspecified atom stereocenters. The van der Waals surface area contributed by atoms with Gasteiger partial charge in [-0.1, -0.05) is 0 Å². The molecular weight excluding hydrogens is 332 g/mol. The zero-order valence-electron chi connectivity index (χ0n) is 15.8. The quantitative estimate of drug-likeness (QED) is 0.906. The average molecular weight is 358 g/mol. The van der Waals surface area contributed by atoms with Crippen LogP contribution in [-0.2, 0) is 4.74 Å². The molecule has 2 aromatic heterocycles. The molecule has 1 aliphatic heterocycles. The first-order valence-corrected chi connectivity index (χ1v) is 8.89. The van der Waals surface area contributed by atoms with Gasteiger partial charge in [-0.05, 0) is 46.6 Å².